The second kappa shape index (κ2) is 4.47. The summed E-state index contributed by atoms with van der Waals surface area (Å²) in [6, 6.07) is 16.4. The van der Waals surface area contributed by atoms with E-state index in [9.17, 15) is 0 Å². The third kappa shape index (κ3) is 2.24. The Labute approximate surface area is 103 Å². The van der Waals surface area contributed by atoms with E-state index in [0.29, 0.717) is 0 Å². The standard InChI is InChI=1S/C14H10N2S/c1-2-5-12-10-13(7-6-11(12)4-1)16-14-15-8-3-9-17-14/h1-10H/b16-14-. The van der Waals surface area contributed by atoms with Crippen molar-refractivity contribution in [3.05, 3.63) is 64.9 Å². The fourth-order valence-electron chi connectivity index (χ4n) is 1.68. The number of nitrogens with zero attached hydrogens (tertiary/aromatic N) is 2. The van der Waals surface area contributed by atoms with E-state index in [1.54, 1.807) is 6.20 Å². The molecule has 0 fully saturated rings. The van der Waals surface area contributed by atoms with Gasteiger partial charge in [0, 0.05) is 6.20 Å². The summed E-state index contributed by atoms with van der Waals surface area (Å²) in [5.74, 6) is 0. The van der Waals surface area contributed by atoms with E-state index >= 15 is 0 Å². The summed E-state index contributed by atoms with van der Waals surface area (Å²) in [4.78, 5) is 9.48. The Kier molecular flexibility index (Phi) is 2.68. The first-order valence-electron chi connectivity index (χ1n) is 5.35. The highest BCUT2D eigenvalue weighted by Crippen LogP contribution is 2.20. The minimum absolute atomic E-state index is 0.780. The molecule has 0 amide bonds. The minimum atomic E-state index is 0.780. The van der Waals surface area contributed by atoms with E-state index in [4.69, 9.17) is 0 Å². The van der Waals surface area contributed by atoms with Crippen molar-refractivity contribution in [2.24, 2.45) is 4.99 Å². The molecule has 0 unspecified atom stereocenters. The molecule has 0 saturated carbocycles. The summed E-state index contributed by atoms with van der Waals surface area (Å²) in [6.07, 6.45) is 1.76. The van der Waals surface area contributed by atoms with Crippen LogP contribution in [-0.2, 0) is 0 Å². The minimum Gasteiger partial charge on any atom is -0.228 e. The predicted molar refractivity (Wildman–Crippen MR) is 71.3 cm³/mol. The zero-order chi connectivity index (χ0) is 11.5. The summed E-state index contributed by atoms with van der Waals surface area (Å²) < 4.78 is 0. The fraction of sp³-hybridized carbons (Fsp3) is 0. The number of hydrogen-bond donors (Lipinski definition) is 0. The van der Waals surface area contributed by atoms with Gasteiger partial charge in [0.1, 0.15) is 0 Å². The van der Waals surface area contributed by atoms with E-state index in [1.807, 2.05) is 29.6 Å². The van der Waals surface area contributed by atoms with Crippen LogP contribution in [0.2, 0.25) is 0 Å². The van der Waals surface area contributed by atoms with Gasteiger partial charge in [0.05, 0.1) is 5.69 Å². The fourth-order valence-corrected chi connectivity index (χ4v) is 2.23. The Bertz CT molecular complexity index is 699. The Morgan fingerprint density at radius 3 is 2.65 bits per heavy atom. The molecule has 0 N–H and O–H groups in total. The van der Waals surface area contributed by atoms with Crippen molar-refractivity contribution in [2.45, 2.75) is 0 Å². The van der Waals surface area contributed by atoms with Crippen LogP contribution in [-0.4, -0.2) is 4.98 Å². The molecule has 17 heavy (non-hydrogen) atoms. The SMILES string of the molecule is c1cn/c(=N/c2ccc3ccccc3c2)sc1. The summed E-state index contributed by atoms with van der Waals surface area (Å²) in [6.45, 7) is 0. The summed E-state index contributed by atoms with van der Waals surface area (Å²) in [7, 11) is 0. The molecule has 3 heteroatoms. The summed E-state index contributed by atoms with van der Waals surface area (Å²) >= 11 is 1.53. The Morgan fingerprint density at radius 2 is 1.82 bits per heavy atom. The lowest BCUT2D eigenvalue weighted by molar-refractivity contribution is 1.21. The molecule has 2 aromatic carbocycles. The molecule has 0 bridgehead atoms. The largest absolute Gasteiger partial charge is 0.228 e. The van der Waals surface area contributed by atoms with E-state index in [2.05, 4.69) is 34.2 Å². The quantitative estimate of drug-likeness (QED) is 0.636. The lowest BCUT2D eigenvalue weighted by Gasteiger charge is -1.98. The van der Waals surface area contributed by atoms with Crippen molar-refractivity contribution >= 4 is 27.8 Å². The molecule has 0 aliphatic rings. The van der Waals surface area contributed by atoms with Gasteiger partial charge in [-0.25, -0.2) is 9.98 Å². The molecule has 0 radical (unpaired) electrons. The van der Waals surface area contributed by atoms with Gasteiger partial charge in [-0.05, 0) is 34.4 Å². The molecule has 1 heterocycles. The number of rotatable bonds is 1. The molecular formula is C14H10N2S. The molecule has 82 valence electrons. The van der Waals surface area contributed by atoms with Crippen LogP contribution < -0.4 is 4.80 Å². The van der Waals surface area contributed by atoms with Crippen LogP contribution in [0.3, 0.4) is 0 Å². The van der Waals surface area contributed by atoms with Gasteiger partial charge in [-0.1, -0.05) is 30.3 Å². The molecular weight excluding hydrogens is 228 g/mol. The van der Waals surface area contributed by atoms with Gasteiger partial charge in [0.2, 0.25) is 4.80 Å². The van der Waals surface area contributed by atoms with Gasteiger partial charge in [-0.3, -0.25) is 0 Å². The number of hydrogen-bond acceptors (Lipinski definition) is 3. The van der Waals surface area contributed by atoms with Gasteiger partial charge >= 0.3 is 0 Å². The Hall–Kier alpha value is -2.00. The normalized spacial score (nSPS) is 11.9. The molecule has 0 saturated heterocycles. The first-order valence-corrected chi connectivity index (χ1v) is 6.23. The van der Waals surface area contributed by atoms with Crippen molar-refractivity contribution < 1.29 is 0 Å². The van der Waals surface area contributed by atoms with Crippen molar-refractivity contribution in [2.75, 3.05) is 0 Å². The number of benzene rings is 2. The lowest BCUT2D eigenvalue weighted by Crippen LogP contribution is -1.99. The maximum absolute atomic E-state index is 4.50. The molecule has 3 rings (SSSR count). The molecule has 0 aliphatic carbocycles. The Balaban J connectivity index is 2.14. The molecule has 0 spiro atoms. The molecule has 1 aromatic heterocycles. The second-order valence-electron chi connectivity index (χ2n) is 3.65. The van der Waals surface area contributed by atoms with Crippen LogP contribution >= 0.6 is 11.3 Å². The van der Waals surface area contributed by atoms with Gasteiger partial charge in [0.15, 0.2) is 0 Å². The topological polar surface area (TPSA) is 25.2 Å². The van der Waals surface area contributed by atoms with Crippen molar-refractivity contribution in [1.82, 2.24) is 4.98 Å². The molecule has 0 aliphatic heterocycles. The average Bonchev–Trinajstić information content (AvgIpc) is 2.40. The van der Waals surface area contributed by atoms with Crippen molar-refractivity contribution in [3.8, 4) is 0 Å². The third-order valence-electron chi connectivity index (χ3n) is 2.48. The zero-order valence-corrected chi connectivity index (χ0v) is 9.89. The first kappa shape index (κ1) is 10.2. The van der Waals surface area contributed by atoms with E-state index in [0.717, 1.165) is 10.5 Å². The van der Waals surface area contributed by atoms with Gasteiger partial charge in [-0.2, -0.15) is 0 Å². The van der Waals surface area contributed by atoms with Crippen LogP contribution in [0.5, 0.6) is 0 Å². The van der Waals surface area contributed by atoms with Gasteiger partial charge < -0.3 is 0 Å². The summed E-state index contributed by atoms with van der Waals surface area (Å²) in [5, 5.41) is 4.41. The van der Waals surface area contributed by atoms with E-state index in [1.165, 1.54) is 22.1 Å². The second-order valence-corrected chi connectivity index (χ2v) is 4.52. The smallest absolute Gasteiger partial charge is 0.209 e. The van der Waals surface area contributed by atoms with Crippen LogP contribution in [0.25, 0.3) is 10.8 Å². The monoisotopic (exact) mass is 238 g/mol. The molecule has 2 nitrogen and oxygen atoms in total. The van der Waals surface area contributed by atoms with Crippen molar-refractivity contribution in [3.63, 3.8) is 0 Å². The Morgan fingerprint density at radius 1 is 0.941 bits per heavy atom. The lowest BCUT2D eigenvalue weighted by atomic mass is 10.1. The number of fused-ring (bicyclic) bond motifs is 1. The first-order chi connectivity index (χ1) is 8.42. The predicted octanol–water partition coefficient (Wildman–Crippen LogP) is 3.53. The van der Waals surface area contributed by atoms with Gasteiger partial charge in [-0.15, -0.1) is 11.3 Å². The van der Waals surface area contributed by atoms with E-state index in [-0.39, 0.29) is 0 Å². The van der Waals surface area contributed by atoms with Crippen LogP contribution in [0.15, 0.2) is 65.1 Å². The van der Waals surface area contributed by atoms with Crippen LogP contribution in [0, 0.1) is 0 Å². The maximum atomic E-state index is 4.50. The van der Waals surface area contributed by atoms with Crippen LogP contribution in [0.1, 0.15) is 0 Å². The summed E-state index contributed by atoms with van der Waals surface area (Å²) in [5.41, 5.74) is 0.943. The maximum Gasteiger partial charge on any atom is 0.209 e. The van der Waals surface area contributed by atoms with Crippen molar-refractivity contribution in [1.29, 1.82) is 0 Å². The third-order valence-corrected chi connectivity index (χ3v) is 3.18. The van der Waals surface area contributed by atoms with Gasteiger partial charge in [0.25, 0.3) is 0 Å². The van der Waals surface area contributed by atoms with Crippen LogP contribution in [0.4, 0.5) is 5.69 Å². The zero-order valence-electron chi connectivity index (χ0n) is 9.08. The highest BCUT2D eigenvalue weighted by atomic mass is 32.1. The average molecular weight is 238 g/mol. The highest BCUT2D eigenvalue weighted by Gasteiger charge is 1.94. The molecule has 3 aromatic rings. The number of aromatic nitrogens is 1. The highest BCUT2D eigenvalue weighted by molar-refractivity contribution is 7.06. The molecule has 0 atom stereocenters. The van der Waals surface area contributed by atoms with E-state index < -0.39 is 0 Å².